The van der Waals surface area contributed by atoms with Gasteiger partial charge in [0.25, 0.3) is 0 Å². The van der Waals surface area contributed by atoms with Crippen molar-refractivity contribution in [2.75, 3.05) is 6.67 Å². The molecule has 0 fully saturated rings. The van der Waals surface area contributed by atoms with E-state index in [0.29, 0.717) is 0 Å². The van der Waals surface area contributed by atoms with Crippen molar-refractivity contribution >= 4 is 5.97 Å². The largest absolute Gasteiger partial charge is 1.00 e. The topological polar surface area (TPSA) is 57.9 Å². The van der Waals surface area contributed by atoms with E-state index in [-0.39, 0.29) is 41.8 Å². The first kappa shape index (κ1) is 11.6. The Hall–Kier alpha value is -0.390. The van der Waals surface area contributed by atoms with Gasteiger partial charge in [0.2, 0.25) is 0 Å². The minimum atomic E-state index is -1.34. The minimum Gasteiger partial charge on any atom is -0.543 e. The molecular formula is C6H6FN2NaO2. The average Bonchev–Trinajstić information content (AvgIpc) is 2.37. The first-order valence-corrected chi connectivity index (χ1v) is 3.05. The molecule has 1 rings (SSSR count). The number of halogens is 1. The molecule has 1 aromatic heterocycles. The molecule has 0 radical (unpaired) electrons. The van der Waals surface area contributed by atoms with Crippen LogP contribution in [0.5, 0.6) is 0 Å². The van der Waals surface area contributed by atoms with Gasteiger partial charge in [0.1, 0.15) is 12.4 Å². The zero-order chi connectivity index (χ0) is 8.27. The van der Waals surface area contributed by atoms with Crippen molar-refractivity contribution < 1.29 is 43.8 Å². The first-order chi connectivity index (χ1) is 5.24. The Morgan fingerprint density at radius 3 is 2.83 bits per heavy atom. The molecule has 0 bridgehead atoms. The zero-order valence-corrected chi connectivity index (χ0v) is 8.66. The zero-order valence-electron chi connectivity index (χ0n) is 6.66. The summed E-state index contributed by atoms with van der Waals surface area (Å²) in [4.78, 5) is 10.1. The Morgan fingerprint density at radius 1 is 1.75 bits per heavy atom. The minimum absolute atomic E-state index is 0. The van der Waals surface area contributed by atoms with E-state index in [9.17, 15) is 14.3 Å². The molecule has 1 heterocycles. The summed E-state index contributed by atoms with van der Waals surface area (Å²) >= 11 is 0. The normalized spacial score (nSPS) is 9.08. The van der Waals surface area contributed by atoms with Gasteiger partial charge in [-0.3, -0.25) is 4.68 Å². The standard InChI is InChI=1S/C6H7FN2O2.Na/c7-2-4-9-3-1-5(8-9)6(10)11;/h1,3H,2,4H2,(H,10,11);/q;+1/p-1. The quantitative estimate of drug-likeness (QED) is 0.448. The predicted molar refractivity (Wildman–Crippen MR) is 32.5 cm³/mol. The maximum atomic E-state index is 11.7. The van der Waals surface area contributed by atoms with Crippen LogP contribution in [0.1, 0.15) is 10.5 Å². The second-order valence-corrected chi connectivity index (χ2v) is 1.94. The summed E-state index contributed by atoms with van der Waals surface area (Å²) in [5.74, 6) is -1.34. The van der Waals surface area contributed by atoms with Crippen molar-refractivity contribution in [3.63, 3.8) is 0 Å². The molecule has 0 spiro atoms. The van der Waals surface area contributed by atoms with Crippen molar-refractivity contribution in [3.8, 4) is 0 Å². The van der Waals surface area contributed by atoms with Crippen LogP contribution in [0.25, 0.3) is 0 Å². The Labute approximate surface area is 90.7 Å². The summed E-state index contributed by atoms with van der Waals surface area (Å²) in [6.07, 6.45) is 1.39. The fourth-order valence-corrected chi connectivity index (χ4v) is 0.682. The van der Waals surface area contributed by atoms with Crippen LogP contribution in [-0.4, -0.2) is 22.4 Å². The van der Waals surface area contributed by atoms with Gasteiger partial charge >= 0.3 is 29.6 Å². The molecular weight excluding hydrogens is 174 g/mol. The summed E-state index contributed by atoms with van der Waals surface area (Å²) in [7, 11) is 0. The number of hydrogen-bond donors (Lipinski definition) is 0. The number of carboxylic acids is 1. The van der Waals surface area contributed by atoms with Crippen LogP contribution in [0.4, 0.5) is 4.39 Å². The van der Waals surface area contributed by atoms with E-state index in [0.717, 1.165) is 0 Å². The van der Waals surface area contributed by atoms with E-state index >= 15 is 0 Å². The van der Waals surface area contributed by atoms with E-state index < -0.39 is 12.6 Å². The van der Waals surface area contributed by atoms with Crippen LogP contribution in [0.15, 0.2) is 12.3 Å². The third-order valence-electron chi connectivity index (χ3n) is 1.16. The van der Waals surface area contributed by atoms with Crippen LogP contribution in [0, 0.1) is 0 Å². The van der Waals surface area contributed by atoms with Crippen molar-refractivity contribution in [1.29, 1.82) is 0 Å². The predicted octanol–water partition coefficient (Wildman–Crippen LogP) is -3.78. The van der Waals surface area contributed by atoms with Crippen molar-refractivity contribution in [3.05, 3.63) is 18.0 Å². The first-order valence-electron chi connectivity index (χ1n) is 3.05. The maximum Gasteiger partial charge on any atom is 1.00 e. The Bertz CT molecular complexity index is 264. The average molecular weight is 180 g/mol. The summed E-state index contributed by atoms with van der Waals surface area (Å²) < 4.78 is 12.9. The number of nitrogens with zero attached hydrogens (tertiary/aromatic N) is 2. The van der Waals surface area contributed by atoms with Crippen LogP contribution in [0.3, 0.4) is 0 Å². The summed E-state index contributed by atoms with van der Waals surface area (Å²) in [6, 6.07) is 1.27. The van der Waals surface area contributed by atoms with E-state index in [1.165, 1.54) is 16.9 Å². The number of carbonyl (C=O) groups excluding carboxylic acids is 1. The fraction of sp³-hybridized carbons (Fsp3) is 0.333. The number of alkyl halides is 1. The smallest absolute Gasteiger partial charge is 0.543 e. The van der Waals surface area contributed by atoms with Crippen molar-refractivity contribution in [2.45, 2.75) is 6.54 Å². The summed E-state index contributed by atoms with van der Waals surface area (Å²) in [6.45, 7) is -0.485. The number of hydrogen-bond acceptors (Lipinski definition) is 3. The molecule has 0 aliphatic rings. The Balaban J connectivity index is 0.00000121. The van der Waals surface area contributed by atoms with E-state index in [1.807, 2.05) is 0 Å². The number of aryl methyl sites for hydroxylation is 1. The molecule has 1 aromatic rings. The second kappa shape index (κ2) is 5.29. The van der Waals surface area contributed by atoms with E-state index in [4.69, 9.17) is 0 Å². The van der Waals surface area contributed by atoms with Gasteiger partial charge in [-0.1, -0.05) is 0 Å². The van der Waals surface area contributed by atoms with Crippen LogP contribution in [0.2, 0.25) is 0 Å². The van der Waals surface area contributed by atoms with Crippen molar-refractivity contribution in [2.24, 2.45) is 0 Å². The molecule has 0 unspecified atom stereocenters. The third-order valence-corrected chi connectivity index (χ3v) is 1.16. The number of carboxylic acid groups (broad SMARTS) is 1. The molecule has 0 aliphatic heterocycles. The summed E-state index contributed by atoms with van der Waals surface area (Å²) in [5, 5.41) is 13.7. The van der Waals surface area contributed by atoms with E-state index in [2.05, 4.69) is 5.10 Å². The number of carbonyl (C=O) groups is 1. The second-order valence-electron chi connectivity index (χ2n) is 1.94. The van der Waals surface area contributed by atoms with Crippen LogP contribution >= 0.6 is 0 Å². The van der Waals surface area contributed by atoms with Crippen LogP contribution < -0.4 is 34.7 Å². The third kappa shape index (κ3) is 2.92. The van der Waals surface area contributed by atoms with E-state index in [1.54, 1.807) is 0 Å². The number of aromatic nitrogens is 2. The molecule has 0 aromatic carbocycles. The molecule has 60 valence electrons. The van der Waals surface area contributed by atoms with Crippen LogP contribution in [-0.2, 0) is 6.54 Å². The van der Waals surface area contributed by atoms with Gasteiger partial charge in [-0.25, -0.2) is 4.39 Å². The molecule has 4 nitrogen and oxygen atoms in total. The number of rotatable bonds is 3. The molecule has 0 saturated heterocycles. The summed E-state index contributed by atoms with van der Waals surface area (Å²) in [5.41, 5.74) is -0.168. The molecule has 12 heavy (non-hydrogen) atoms. The molecule has 0 aliphatic carbocycles. The molecule has 0 amide bonds. The molecule has 0 saturated carbocycles. The monoisotopic (exact) mass is 180 g/mol. The van der Waals surface area contributed by atoms with Gasteiger partial charge in [-0.2, -0.15) is 5.10 Å². The Morgan fingerprint density at radius 2 is 2.42 bits per heavy atom. The molecule has 0 N–H and O–H groups in total. The maximum absolute atomic E-state index is 11.7. The fourth-order valence-electron chi connectivity index (χ4n) is 0.682. The van der Waals surface area contributed by atoms with Crippen molar-refractivity contribution in [1.82, 2.24) is 9.78 Å². The Kier molecular flexibility index (Phi) is 5.12. The molecule has 6 heteroatoms. The van der Waals surface area contributed by atoms with Gasteiger partial charge in [-0.15, -0.1) is 0 Å². The van der Waals surface area contributed by atoms with Gasteiger partial charge in [-0.05, 0) is 6.07 Å². The van der Waals surface area contributed by atoms with Gasteiger partial charge in [0, 0.05) is 6.20 Å². The molecule has 0 atom stereocenters. The van der Waals surface area contributed by atoms with Gasteiger partial charge in [0.15, 0.2) is 0 Å². The number of aromatic carboxylic acids is 1. The SMILES string of the molecule is O=C([O-])c1ccn(CCF)n1.[Na+]. The van der Waals surface area contributed by atoms with Gasteiger partial charge < -0.3 is 9.90 Å². The van der Waals surface area contributed by atoms with Gasteiger partial charge in [0.05, 0.1) is 12.5 Å².